The van der Waals surface area contributed by atoms with Crippen LogP contribution in [0.3, 0.4) is 0 Å². The highest BCUT2D eigenvalue weighted by Gasteiger charge is 2.22. The highest BCUT2D eigenvalue weighted by atomic mass is 16.7. The minimum Gasteiger partial charge on any atom is -0.489 e. The van der Waals surface area contributed by atoms with Gasteiger partial charge >= 0.3 is 0 Å². The quantitative estimate of drug-likeness (QED) is 0.302. The van der Waals surface area contributed by atoms with Crippen molar-refractivity contribution in [1.82, 2.24) is 19.3 Å². The number of fused-ring (bicyclic) bond motifs is 2. The number of amides is 1. The number of nitrogens with zero attached hydrogens (tertiary/aromatic N) is 4. The van der Waals surface area contributed by atoms with Gasteiger partial charge in [-0.1, -0.05) is 30.3 Å². The molecule has 0 saturated carbocycles. The normalized spacial score (nSPS) is 11.9. The van der Waals surface area contributed by atoms with Crippen molar-refractivity contribution in [3.63, 3.8) is 0 Å². The van der Waals surface area contributed by atoms with E-state index >= 15 is 0 Å². The van der Waals surface area contributed by atoms with Gasteiger partial charge in [-0.15, -0.1) is 0 Å². The predicted octanol–water partition coefficient (Wildman–Crippen LogP) is 4.24. The molecule has 9 heteroatoms. The smallest absolute Gasteiger partial charge is 0.270 e. The zero-order chi connectivity index (χ0) is 26.6. The summed E-state index contributed by atoms with van der Waals surface area (Å²) in [5.74, 6) is 1.65. The third kappa shape index (κ3) is 5.28. The molecule has 194 valence electrons. The van der Waals surface area contributed by atoms with Crippen LogP contribution in [0.1, 0.15) is 27.2 Å². The first-order valence-corrected chi connectivity index (χ1v) is 12.4. The maximum Gasteiger partial charge on any atom is 0.270 e. The summed E-state index contributed by atoms with van der Waals surface area (Å²) in [6.45, 7) is 1.03. The van der Waals surface area contributed by atoms with E-state index in [-0.39, 0.29) is 25.4 Å². The van der Waals surface area contributed by atoms with Gasteiger partial charge < -0.3 is 19.1 Å². The van der Waals surface area contributed by atoms with Crippen LogP contribution >= 0.6 is 0 Å². The van der Waals surface area contributed by atoms with Crippen LogP contribution in [0.4, 0.5) is 0 Å². The Morgan fingerprint density at radius 2 is 1.79 bits per heavy atom. The summed E-state index contributed by atoms with van der Waals surface area (Å²) >= 11 is 0. The summed E-state index contributed by atoms with van der Waals surface area (Å²) in [5, 5.41) is 0. The van der Waals surface area contributed by atoms with E-state index in [2.05, 4.69) is 9.97 Å². The molecule has 1 aliphatic heterocycles. The maximum atomic E-state index is 13.7. The summed E-state index contributed by atoms with van der Waals surface area (Å²) in [5.41, 5.74) is 2.54. The van der Waals surface area contributed by atoms with E-state index < -0.39 is 11.5 Å². The molecule has 9 nitrogen and oxygen atoms in total. The molecule has 0 bridgehead atoms. The van der Waals surface area contributed by atoms with E-state index in [0.29, 0.717) is 29.4 Å². The van der Waals surface area contributed by atoms with Crippen molar-refractivity contribution in [1.29, 1.82) is 0 Å². The van der Waals surface area contributed by atoms with E-state index in [1.807, 2.05) is 60.7 Å². The lowest BCUT2D eigenvalue weighted by atomic mass is 10.1. The van der Waals surface area contributed by atoms with E-state index in [1.165, 1.54) is 10.6 Å². The number of aromatic nitrogens is 3. The fourth-order valence-corrected chi connectivity index (χ4v) is 4.38. The molecule has 1 aliphatic rings. The number of ether oxygens (including phenoxy) is 3. The molecule has 39 heavy (non-hydrogen) atoms. The third-order valence-electron chi connectivity index (χ3n) is 6.32. The summed E-state index contributed by atoms with van der Waals surface area (Å²) in [7, 11) is 0. The fraction of sp³-hybridized carbons (Fsp3) is 0.133. The van der Waals surface area contributed by atoms with Gasteiger partial charge in [-0.2, -0.15) is 0 Å². The Morgan fingerprint density at radius 1 is 0.897 bits per heavy atom. The number of pyridine rings is 2. The van der Waals surface area contributed by atoms with E-state index in [4.69, 9.17) is 14.2 Å². The van der Waals surface area contributed by atoms with Crippen molar-refractivity contribution in [2.24, 2.45) is 0 Å². The molecule has 0 unspecified atom stereocenters. The summed E-state index contributed by atoms with van der Waals surface area (Å²) in [4.78, 5) is 37.1. The molecule has 0 atom stereocenters. The lowest BCUT2D eigenvalue weighted by molar-refractivity contribution is 0.0725. The molecule has 6 rings (SSSR count). The Bertz CT molecular complexity index is 1700. The number of carbonyl (C=O) groups excluding carboxylic acids is 1. The molecule has 0 spiro atoms. The number of hydrogen-bond donors (Lipinski definition) is 0. The van der Waals surface area contributed by atoms with Crippen LogP contribution in [0.5, 0.6) is 17.2 Å². The third-order valence-corrected chi connectivity index (χ3v) is 6.32. The molecule has 0 aliphatic carbocycles. The van der Waals surface area contributed by atoms with Crippen LogP contribution in [0, 0.1) is 0 Å². The van der Waals surface area contributed by atoms with Crippen molar-refractivity contribution in [3.05, 3.63) is 130 Å². The van der Waals surface area contributed by atoms with Crippen LogP contribution < -0.4 is 19.8 Å². The average Bonchev–Trinajstić information content (AvgIpc) is 3.45. The van der Waals surface area contributed by atoms with Crippen molar-refractivity contribution < 1.29 is 19.0 Å². The van der Waals surface area contributed by atoms with Gasteiger partial charge in [0.05, 0.1) is 12.2 Å². The Hall–Kier alpha value is -5.18. The highest BCUT2D eigenvalue weighted by Crippen LogP contribution is 2.32. The number of carbonyl (C=O) groups is 1. The lowest BCUT2D eigenvalue weighted by Gasteiger charge is -2.23. The second-order valence-electron chi connectivity index (χ2n) is 9.01. The predicted molar refractivity (Wildman–Crippen MR) is 143 cm³/mol. The lowest BCUT2D eigenvalue weighted by Crippen LogP contribution is -2.35. The van der Waals surface area contributed by atoms with E-state index in [1.54, 1.807) is 35.5 Å². The Morgan fingerprint density at radius 3 is 2.69 bits per heavy atom. The maximum absolute atomic E-state index is 13.7. The zero-order valence-electron chi connectivity index (χ0n) is 20.9. The molecular formula is C30H24N4O5. The van der Waals surface area contributed by atoms with Gasteiger partial charge in [-0.3, -0.25) is 19.0 Å². The molecule has 5 aromatic rings. The fourth-order valence-electron chi connectivity index (χ4n) is 4.38. The number of benzene rings is 2. The zero-order valence-corrected chi connectivity index (χ0v) is 20.9. The largest absolute Gasteiger partial charge is 0.489 e. The van der Waals surface area contributed by atoms with E-state index in [0.717, 1.165) is 16.9 Å². The highest BCUT2D eigenvalue weighted by molar-refractivity contribution is 5.93. The van der Waals surface area contributed by atoms with Gasteiger partial charge in [0.25, 0.3) is 11.5 Å². The molecule has 0 saturated heterocycles. The second-order valence-corrected chi connectivity index (χ2v) is 9.01. The molecule has 4 heterocycles. The van der Waals surface area contributed by atoms with Crippen molar-refractivity contribution in [3.8, 4) is 17.2 Å². The minimum atomic E-state index is -0.428. The van der Waals surface area contributed by atoms with Crippen LogP contribution in [0.15, 0.2) is 102 Å². The summed E-state index contributed by atoms with van der Waals surface area (Å²) < 4.78 is 18.2. The second kappa shape index (κ2) is 10.7. The van der Waals surface area contributed by atoms with Crippen LogP contribution in [0.25, 0.3) is 5.65 Å². The molecule has 0 fully saturated rings. The van der Waals surface area contributed by atoms with Crippen LogP contribution in [-0.2, 0) is 19.7 Å². The van der Waals surface area contributed by atoms with Crippen molar-refractivity contribution >= 4 is 11.6 Å². The standard InChI is InChI=1S/C30H24N4O5/c35-29(25-16-32-28-9-2-4-13-34(28)30(25)36)33(18-23-7-1-3-12-31-23)17-21-6-5-8-24(14-21)37-19-22-10-11-26-27(15-22)39-20-38-26/h1-16H,17-20H2. The van der Waals surface area contributed by atoms with Crippen molar-refractivity contribution in [2.45, 2.75) is 19.7 Å². The first-order valence-electron chi connectivity index (χ1n) is 12.4. The topological polar surface area (TPSA) is 95.3 Å². The SMILES string of the molecule is O=C(c1cnc2ccccn2c1=O)N(Cc1cccc(OCc2ccc3c(c2)OCO3)c1)Cc1ccccn1. The number of rotatable bonds is 8. The first-order chi connectivity index (χ1) is 19.1. The Labute approximate surface area is 223 Å². The van der Waals surface area contributed by atoms with Gasteiger partial charge in [-0.25, -0.2) is 4.98 Å². The van der Waals surface area contributed by atoms with Crippen LogP contribution in [0.2, 0.25) is 0 Å². The molecule has 0 radical (unpaired) electrons. The van der Waals surface area contributed by atoms with Gasteiger partial charge in [0.2, 0.25) is 6.79 Å². The molecule has 3 aromatic heterocycles. The molecule has 0 N–H and O–H groups in total. The number of hydrogen-bond acceptors (Lipinski definition) is 7. The minimum absolute atomic E-state index is 0.00940. The van der Waals surface area contributed by atoms with Gasteiger partial charge in [0, 0.05) is 25.1 Å². The summed E-state index contributed by atoms with van der Waals surface area (Å²) in [6, 6.07) is 24.0. The monoisotopic (exact) mass is 520 g/mol. The molecular weight excluding hydrogens is 496 g/mol. The van der Waals surface area contributed by atoms with Gasteiger partial charge in [0.1, 0.15) is 23.6 Å². The summed E-state index contributed by atoms with van der Waals surface area (Å²) in [6.07, 6.45) is 4.62. The van der Waals surface area contributed by atoms with Gasteiger partial charge in [-0.05, 0) is 59.7 Å². The molecule has 2 aromatic carbocycles. The molecule has 1 amide bonds. The van der Waals surface area contributed by atoms with Crippen LogP contribution in [-0.4, -0.2) is 32.0 Å². The Kier molecular flexibility index (Phi) is 6.61. The average molecular weight is 521 g/mol. The Balaban J connectivity index is 1.24. The van der Waals surface area contributed by atoms with Crippen molar-refractivity contribution in [2.75, 3.05) is 6.79 Å². The first kappa shape index (κ1) is 24.2. The van der Waals surface area contributed by atoms with Gasteiger partial charge in [0.15, 0.2) is 11.5 Å². The van der Waals surface area contributed by atoms with E-state index in [9.17, 15) is 9.59 Å².